The number of nitrogens with zero attached hydrogens (tertiary/aromatic N) is 3. The smallest absolute Gasteiger partial charge is 0.273 e. The zero-order valence-electron chi connectivity index (χ0n) is 16.9. The summed E-state index contributed by atoms with van der Waals surface area (Å²) in [5, 5.41) is 19.0. The van der Waals surface area contributed by atoms with Gasteiger partial charge in [-0.1, -0.05) is 39.0 Å². The minimum Gasteiger partial charge on any atom is -0.368 e. The van der Waals surface area contributed by atoms with Crippen molar-refractivity contribution in [1.82, 2.24) is 20.4 Å². The average Bonchev–Trinajstić information content (AvgIpc) is 3.02. The van der Waals surface area contributed by atoms with Gasteiger partial charge in [-0.3, -0.25) is 19.1 Å². The van der Waals surface area contributed by atoms with Crippen LogP contribution in [0, 0.1) is 16.7 Å². The van der Waals surface area contributed by atoms with Crippen LogP contribution in [0.25, 0.3) is 10.9 Å². The number of aryl methyl sites for hydroxylation is 1. The normalized spacial score (nSPS) is 12.2. The number of nitriles is 1. The maximum Gasteiger partial charge on any atom is 0.273 e. The van der Waals surface area contributed by atoms with Crippen LogP contribution in [0.2, 0.25) is 0 Å². The summed E-state index contributed by atoms with van der Waals surface area (Å²) < 4.78 is 1.70. The van der Waals surface area contributed by atoms with Crippen molar-refractivity contribution in [3.63, 3.8) is 0 Å². The van der Waals surface area contributed by atoms with E-state index in [2.05, 4.69) is 21.8 Å². The van der Waals surface area contributed by atoms with Crippen molar-refractivity contribution in [2.45, 2.75) is 46.2 Å². The molecule has 0 aliphatic carbocycles. The molecule has 0 aliphatic heterocycles. The summed E-state index contributed by atoms with van der Waals surface area (Å²) in [6.45, 7) is 5.61. The number of hydrogen-bond donors (Lipinski definition) is 3. The van der Waals surface area contributed by atoms with Crippen LogP contribution in [0.1, 0.15) is 44.1 Å². The highest BCUT2D eigenvalue weighted by atomic mass is 16.2. The highest BCUT2D eigenvalue weighted by Gasteiger charge is 2.34. The van der Waals surface area contributed by atoms with E-state index >= 15 is 0 Å². The summed E-state index contributed by atoms with van der Waals surface area (Å²) in [4.78, 5) is 36.5. The van der Waals surface area contributed by atoms with Gasteiger partial charge in [0.1, 0.15) is 6.04 Å². The number of benzene rings is 1. The van der Waals surface area contributed by atoms with Gasteiger partial charge in [0.2, 0.25) is 11.8 Å². The lowest BCUT2D eigenvalue weighted by atomic mass is 9.86. The Kier molecular flexibility index (Phi) is 6.93. The fraction of sp³-hybridized carbons (Fsp3) is 0.450. The van der Waals surface area contributed by atoms with E-state index in [9.17, 15) is 14.4 Å². The zero-order chi connectivity index (χ0) is 21.6. The molecular weight excluding hydrogens is 372 g/mol. The molecule has 2 aromatic rings. The summed E-state index contributed by atoms with van der Waals surface area (Å²) in [7, 11) is 0. The molecule has 0 fully saturated rings. The minimum absolute atomic E-state index is 0.203. The molecule has 1 aromatic carbocycles. The Labute approximate surface area is 169 Å². The molecule has 0 aliphatic rings. The molecule has 3 amide bonds. The number of carbonyl (C=O) groups is 3. The molecule has 1 unspecified atom stereocenters. The second-order valence-corrected chi connectivity index (χ2v) is 7.81. The van der Waals surface area contributed by atoms with Crippen molar-refractivity contribution >= 4 is 28.6 Å². The second-order valence-electron chi connectivity index (χ2n) is 7.81. The highest BCUT2D eigenvalue weighted by Crippen LogP contribution is 2.22. The predicted molar refractivity (Wildman–Crippen MR) is 107 cm³/mol. The van der Waals surface area contributed by atoms with Gasteiger partial charge >= 0.3 is 0 Å². The van der Waals surface area contributed by atoms with Crippen LogP contribution >= 0.6 is 0 Å². The Hall–Kier alpha value is -3.41. The number of rotatable bonds is 8. The molecule has 4 N–H and O–H groups in total. The fourth-order valence-corrected chi connectivity index (χ4v) is 2.92. The van der Waals surface area contributed by atoms with Crippen LogP contribution in [-0.2, 0) is 16.1 Å². The second kappa shape index (κ2) is 9.19. The quantitative estimate of drug-likeness (QED) is 0.570. The van der Waals surface area contributed by atoms with Crippen molar-refractivity contribution < 1.29 is 14.4 Å². The van der Waals surface area contributed by atoms with E-state index in [1.54, 1.807) is 37.6 Å². The van der Waals surface area contributed by atoms with Gasteiger partial charge in [-0.2, -0.15) is 10.4 Å². The number of amides is 3. The number of fused-ring (bicyclic) bond motifs is 1. The van der Waals surface area contributed by atoms with Gasteiger partial charge in [-0.15, -0.1) is 0 Å². The highest BCUT2D eigenvalue weighted by molar-refractivity contribution is 6.06. The molecule has 1 heterocycles. The summed E-state index contributed by atoms with van der Waals surface area (Å²) in [6.07, 6.45) is 1.01. The van der Waals surface area contributed by atoms with Crippen LogP contribution in [-0.4, -0.2) is 40.1 Å². The maximum atomic E-state index is 13.0. The van der Waals surface area contributed by atoms with Gasteiger partial charge in [0, 0.05) is 18.4 Å². The number of carbonyl (C=O) groups excluding carboxylic acids is 3. The summed E-state index contributed by atoms with van der Waals surface area (Å²) >= 11 is 0. The molecule has 9 nitrogen and oxygen atoms in total. The predicted octanol–water partition coefficient (Wildman–Crippen LogP) is 1.09. The van der Waals surface area contributed by atoms with Gasteiger partial charge in [-0.25, -0.2) is 0 Å². The van der Waals surface area contributed by atoms with Crippen LogP contribution in [0.3, 0.4) is 0 Å². The molecule has 9 heteroatoms. The van der Waals surface area contributed by atoms with E-state index in [0.29, 0.717) is 24.8 Å². The van der Waals surface area contributed by atoms with Gasteiger partial charge in [0.05, 0.1) is 18.1 Å². The number of para-hydroxylation sites is 1. The number of nitrogens with two attached hydrogens (primary N) is 1. The Balaban J connectivity index is 2.30. The molecule has 0 bridgehead atoms. The van der Waals surface area contributed by atoms with Crippen LogP contribution in [0.5, 0.6) is 0 Å². The van der Waals surface area contributed by atoms with Crippen molar-refractivity contribution in [3.8, 4) is 6.07 Å². The molecule has 154 valence electrons. The van der Waals surface area contributed by atoms with E-state index in [1.807, 2.05) is 12.1 Å². The molecule has 0 saturated heterocycles. The van der Waals surface area contributed by atoms with Gasteiger partial charge in [-0.05, 0) is 17.9 Å². The van der Waals surface area contributed by atoms with E-state index in [1.165, 1.54) is 0 Å². The lowest BCUT2D eigenvalue weighted by molar-refractivity contribution is -0.128. The Morgan fingerprint density at radius 1 is 1.28 bits per heavy atom. The maximum absolute atomic E-state index is 13.0. The first-order chi connectivity index (χ1) is 13.6. The largest absolute Gasteiger partial charge is 0.368 e. The van der Waals surface area contributed by atoms with Crippen LogP contribution in [0.4, 0.5) is 0 Å². The lowest BCUT2D eigenvalue weighted by Gasteiger charge is -2.30. The summed E-state index contributed by atoms with van der Waals surface area (Å²) in [5.41, 5.74) is 5.46. The lowest BCUT2D eigenvalue weighted by Crippen LogP contribution is -2.54. The third-order valence-electron chi connectivity index (χ3n) is 4.37. The van der Waals surface area contributed by atoms with Crippen molar-refractivity contribution in [1.29, 1.82) is 5.26 Å². The van der Waals surface area contributed by atoms with E-state index < -0.39 is 29.2 Å². The molecular formula is C20H26N6O3. The number of unbranched alkanes of at least 4 members (excludes halogenated alkanes) is 1. The Morgan fingerprint density at radius 3 is 2.59 bits per heavy atom. The van der Waals surface area contributed by atoms with Crippen molar-refractivity contribution in [3.05, 3.63) is 30.0 Å². The van der Waals surface area contributed by atoms with Gasteiger partial charge < -0.3 is 16.4 Å². The molecule has 0 saturated carbocycles. The molecule has 2 rings (SSSR count). The zero-order valence-corrected chi connectivity index (χ0v) is 16.9. The van der Waals surface area contributed by atoms with Crippen molar-refractivity contribution in [2.24, 2.45) is 11.1 Å². The monoisotopic (exact) mass is 398 g/mol. The van der Waals surface area contributed by atoms with Crippen LogP contribution < -0.4 is 16.4 Å². The first-order valence-electron chi connectivity index (χ1n) is 9.34. The topological polar surface area (TPSA) is 143 Å². The molecule has 0 spiro atoms. The molecule has 1 aromatic heterocycles. The third kappa shape index (κ3) is 5.54. The molecule has 0 radical (unpaired) electrons. The third-order valence-corrected chi connectivity index (χ3v) is 4.37. The first-order valence-corrected chi connectivity index (χ1v) is 9.34. The van der Waals surface area contributed by atoms with Gasteiger partial charge in [0.15, 0.2) is 5.69 Å². The first kappa shape index (κ1) is 21.9. The SMILES string of the molecule is CC(C)(C)C(NC(=O)c1nn(CCCC#N)c2ccccc12)C(=O)NCC(N)=O. The van der Waals surface area contributed by atoms with E-state index in [0.717, 1.165) is 5.52 Å². The standard InChI is InChI=1S/C20H26N6O3/c1-20(2,3)17(19(29)23-12-15(22)27)24-18(28)16-13-8-4-5-9-14(13)26(25-16)11-7-6-10-21/h4-5,8-9,17H,6-7,11-12H2,1-3H3,(H2,22,27)(H,23,29)(H,24,28). The Bertz CT molecular complexity index is 951. The summed E-state index contributed by atoms with van der Waals surface area (Å²) in [6, 6.07) is 8.50. The minimum atomic E-state index is -0.892. The number of hydrogen-bond acceptors (Lipinski definition) is 5. The summed E-state index contributed by atoms with van der Waals surface area (Å²) in [5.74, 6) is -1.66. The van der Waals surface area contributed by atoms with Crippen molar-refractivity contribution in [2.75, 3.05) is 6.54 Å². The van der Waals surface area contributed by atoms with E-state index in [-0.39, 0.29) is 12.2 Å². The molecule has 1 atom stereocenters. The van der Waals surface area contributed by atoms with E-state index in [4.69, 9.17) is 11.0 Å². The van der Waals surface area contributed by atoms with Crippen LogP contribution in [0.15, 0.2) is 24.3 Å². The number of nitrogens with one attached hydrogen (secondary N) is 2. The average molecular weight is 398 g/mol. The van der Waals surface area contributed by atoms with Gasteiger partial charge in [0.25, 0.3) is 5.91 Å². The fourth-order valence-electron chi connectivity index (χ4n) is 2.92. The Morgan fingerprint density at radius 2 is 1.97 bits per heavy atom. The number of primary amides is 1. The number of aromatic nitrogens is 2. The molecule has 29 heavy (non-hydrogen) atoms.